The Morgan fingerprint density at radius 3 is 2.94 bits per heavy atom. The van der Waals surface area contributed by atoms with E-state index in [4.69, 9.17) is 4.74 Å². The first kappa shape index (κ1) is 12.8. The summed E-state index contributed by atoms with van der Waals surface area (Å²) in [6.07, 6.45) is 1.80. The second-order valence-corrected chi connectivity index (χ2v) is 4.77. The smallest absolute Gasteiger partial charge is 0.128 e. The molecule has 0 saturated heterocycles. The van der Waals surface area contributed by atoms with Gasteiger partial charge < -0.3 is 10.1 Å². The molecule has 0 amide bonds. The normalized spacial score (nSPS) is 11.1. The number of rotatable bonds is 6. The van der Waals surface area contributed by atoms with Crippen molar-refractivity contribution in [1.29, 1.82) is 0 Å². The Kier molecular flexibility index (Phi) is 4.53. The summed E-state index contributed by atoms with van der Waals surface area (Å²) in [6.45, 7) is 6.98. The topological polar surface area (TPSA) is 34.1 Å². The molecule has 1 aromatic heterocycles. The average Bonchev–Trinajstić information content (AvgIpc) is 2.38. The minimum Gasteiger partial charge on any atom is -0.492 e. The molecule has 0 atom stereocenters. The summed E-state index contributed by atoms with van der Waals surface area (Å²) < 4.78 is 5.80. The van der Waals surface area contributed by atoms with E-state index in [-0.39, 0.29) is 0 Å². The fourth-order valence-corrected chi connectivity index (χ4v) is 1.82. The third kappa shape index (κ3) is 3.44. The van der Waals surface area contributed by atoms with E-state index in [2.05, 4.69) is 24.1 Å². The van der Waals surface area contributed by atoms with Gasteiger partial charge in [0.1, 0.15) is 12.4 Å². The molecule has 1 heterocycles. The summed E-state index contributed by atoms with van der Waals surface area (Å²) in [5.74, 6) is 1.58. The Labute approximate surface area is 108 Å². The van der Waals surface area contributed by atoms with Crippen molar-refractivity contribution >= 4 is 10.9 Å². The molecule has 3 nitrogen and oxygen atoms in total. The van der Waals surface area contributed by atoms with Gasteiger partial charge in [-0.15, -0.1) is 0 Å². The lowest BCUT2D eigenvalue weighted by Gasteiger charge is -2.10. The second kappa shape index (κ2) is 6.36. The first-order chi connectivity index (χ1) is 8.77. The maximum atomic E-state index is 5.80. The van der Waals surface area contributed by atoms with Gasteiger partial charge in [0.05, 0.1) is 5.52 Å². The molecule has 0 aliphatic heterocycles. The molecule has 0 saturated carbocycles. The van der Waals surface area contributed by atoms with Gasteiger partial charge in [0.15, 0.2) is 0 Å². The fourth-order valence-electron chi connectivity index (χ4n) is 1.82. The van der Waals surface area contributed by atoms with Gasteiger partial charge in [-0.2, -0.15) is 0 Å². The van der Waals surface area contributed by atoms with E-state index < -0.39 is 0 Å². The van der Waals surface area contributed by atoms with Crippen molar-refractivity contribution in [3.63, 3.8) is 0 Å². The third-order valence-corrected chi connectivity index (χ3v) is 2.69. The lowest BCUT2D eigenvalue weighted by atomic mass is 10.2. The van der Waals surface area contributed by atoms with E-state index in [0.717, 1.165) is 29.7 Å². The summed E-state index contributed by atoms with van der Waals surface area (Å²) in [5.41, 5.74) is 0.977. The van der Waals surface area contributed by atoms with Crippen molar-refractivity contribution < 1.29 is 4.74 Å². The maximum absolute atomic E-state index is 5.80. The van der Waals surface area contributed by atoms with Crippen molar-refractivity contribution in [2.24, 2.45) is 5.92 Å². The van der Waals surface area contributed by atoms with Crippen LogP contribution in [0.1, 0.15) is 13.8 Å². The molecule has 3 heteroatoms. The zero-order chi connectivity index (χ0) is 12.8. The summed E-state index contributed by atoms with van der Waals surface area (Å²) in [5, 5.41) is 4.44. The highest BCUT2D eigenvalue weighted by Crippen LogP contribution is 2.23. The average molecular weight is 244 g/mol. The molecular weight excluding hydrogens is 224 g/mol. The van der Waals surface area contributed by atoms with Crippen LogP contribution in [0.3, 0.4) is 0 Å². The first-order valence-electron chi connectivity index (χ1n) is 6.44. The van der Waals surface area contributed by atoms with E-state index in [1.807, 2.05) is 30.3 Å². The van der Waals surface area contributed by atoms with Crippen molar-refractivity contribution in [1.82, 2.24) is 10.3 Å². The van der Waals surface area contributed by atoms with E-state index in [1.54, 1.807) is 6.20 Å². The van der Waals surface area contributed by atoms with Gasteiger partial charge in [-0.1, -0.05) is 19.9 Å². The molecule has 0 aliphatic rings. The van der Waals surface area contributed by atoms with Crippen LogP contribution < -0.4 is 10.1 Å². The molecule has 18 heavy (non-hydrogen) atoms. The monoisotopic (exact) mass is 244 g/mol. The van der Waals surface area contributed by atoms with Crippen molar-refractivity contribution in [3.8, 4) is 5.75 Å². The number of fused-ring (bicyclic) bond motifs is 1. The number of aromatic nitrogens is 1. The molecule has 0 spiro atoms. The van der Waals surface area contributed by atoms with Crippen LogP contribution in [-0.2, 0) is 0 Å². The van der Waals surface area contributed by atoms with Gasteiger partial charge in [-0.05, 0) is 36.7 Å². The molecule has 0 bridgehead atoms. The zero-order valence-electron chi connectivity index (χ0n) is 11.0. The van der Waals surface area contributed by atoms with Crippen LogP contribution >= 0.6 is 0 Å². The Morgan fingerprint density at radius 2 is 2.11 bits per heavy atom. The van der Waals surface area contributed by atoms with Crippen LogP contribution in [0.4, 0.5) is 0 Å². The minimum absolute atomic E-state index is 0.673. The summed E-state index contributed by atoms with van der Waals surface area (Å²) in [4.78, 5) is 4.31. The van der Waals surface area contributed by atoms with Crippen LogP contribution in [0, 0.1) is 5.92 Å². The Morgan fingerprint density at radius 1 is 1.22 bits per heavy atom. The maximum Gasteiger partial charge on any atom is 0.128 e. The van der Waals surface area contributed by atoms with Crippen molar-refractivity contribution in [2.75, 3.05) is 19.7 Å². The van der Waals surface area contributed by atoms with Gasteiger partial charge in [-0.3, -0.25) is 4.98 Å². The van der Waals surface area contributed by atoms with Gasteiger partial charge in [-0.25, -0.2) is 0 Å². The molecule has 0 fully saturated rings. The summed E-state index contributed by atoms with van der Waals surface area (Å²) >= 11 is 0. The minimum atomic E-state index is 0.673. The number of benzene rings is 1. The van der Waals surface area contributed by atoms with E-state index in [0.29, 0.717) is 12.5 Å². The SMILES string of the molecule is CC(C)CNCCOc1cccc2ncccc12. The molecule has 1 N–H and O–H groups in total. The van der Waals surface area contributed by atoms with E-state index in [9.17, 15) is 0 Å². The van der Waals surface area contributed by atoms with Crippen LogP contribution in [0.2, 0.25) is 0 Å². The molecule has 2 aromatic rings. The zero-order valence-corrected chi connectivity index (χ0v) is 11.0. The lowest BCUT2D eigenvalue weighted by molar-refractivity contribution is 0.314. The van der Waals surface area contributed by atoms with Crippen LogP contribution in [0.15, 0.2) is 36.5 Å². The number of ether oxygens (including phenoxy) is 1. The molecule has 1 aromatic carbocycles. The standard InChI is InChI=1S/C15H20N2O/c1-12(2)11-16-9-10-18-15-7-3-6-14-13(15)5-4-8-17-14/h3-8,12,16H,9-11H2,1-2H3. The number of hydrogen-bond donors (Lipinski definition) is 1. The van der Waals surface area contributed by atoms with Gasteiger partial charge in [0, 0.05) is 18.1 Å². The van der Waals surface area contributed by atoms with Crippen molar-refractivity contribution in [2.45, 2.75) is 13.8 Å². The molecule has 0 unspecified atom stereocenters. The molecular formula is C15H20N2O. The quantitative estimate of drug-likeness (QED) is 0.793. The van der Waals surface area contributed by atoms with Crippen LogP contribution in [-0.4, -0.2) is 24.7 Å². The molecule has 0 radical (unpaired) electrons. The van der Waals surface area contributed by atoms with Gasteiger partial charge in [0.25, 0.3) is 0 Å². The Hall–Kier alpha value is -1.61. The van der Waals surface area contributed by atoms with E-state index in [1.165, 1.54) is 0 Å². The molecule has 2 rings (SSSR count). The number of nitrogens with zero attached hydrogens (tertiary/aromatic N) is 1. The van der Waals surface area contributed by atoms with Gasteiger partial charge >= 0.3 is 0 Å². The highest BCUT2D eigenvalue weighted by Gasteiger charge is 2.01. The summed E-state index contributed by atoms with van der Waals surface area (Å²) in [6, 6.07) is 9.95. The molecule has 96 valence electrons. The highest BCUT2D eigenvalue weighted by molar-refractivity contribution is 5.84. The largest absolute Gasteiger partial charge is 0.492 e. The lowest BCUT2D eigenvalue weighted by Crippen LogP contribution is -2.24. The number of pyridine rings is 1. The number of nitrogens with one attached hydrogen (secondary N) is 1. The fraction of sp³-hybridized carbons (Fsp3) is 0.400. The number of hydrogen-bond acceptors (Lipinski definition) is 3. The van der Waals surface area contributed by atoms with Crippen LogP contribution in [0.25, 0.3) is 10.9 Å². The second-order valence-electron chi connectivity index (χ2n) is 4.77. The van der Waals surface area contributed by atoms with E-state index >= 15 is 0 Å². The first-order valence-corrected chi connectivity index (χ1v) is 6.44. The molecule has 0 aliphatic carbocycles. The predicted octanol–water partition coefficient (Wildman–Crippen LogP) is 2.86. The highest BCUT2D eigenvalue weighted by atomic mass is 16.5. The third-order valence-electron chi connectivity index (χ3n) is 2.69. The Bertz CT molecular complexity index is 491. The Balaban J connectivity index is 1.91. The summed E-state index contributed by atoms with van der Waals surface area (Å²) in [7, 11) is 0. The van der Waals surface area contributed by atoms with Crippen LogP contribution in [0.5, 0.6) is 5.75 Å². The predicted molar refractivity (Wildman–Crippen MR) is 74.9 cm³/mol. The van der Waals surface area contributed by atoms with Crippen molar-refractivity contribution in [3.05, 3.63) is 36.5 Å². The van der Waals surface area contributed by atoms with Gasteiger partial charge in [0.2, 0.25) is 0 Å².